The average Bonchev–Trinajstić information content (AvgIpc) is 3.18. The Balaban J connectivity index is 1.51. The maximum Gasteiger partial charge on any atom is 0.229 e. The number of aryl methyl sites for hydroxylation is 1. The lowest BCUT2D eigenvalue weighted by Crippen LogP contribution is -2.05. The van der Waals surface area contributed by atoms with E-state index in [2.05, 4.69) is 30.8 Å². The van der Waals surface area contributed by atoms with E-state index in [-0.39, 0.29) is 24.5 Å². The molecule has 0 fully saturated rings. The summed E-state index contributed by atoms with van der Waals surface area (Å²) in [4.78, 5) is 8.33. The first-order valence-corrected chi connectivity index (χ1v) is 10.4. The van der Waals surface area contributed by atoms with Crippen LogP contribution in [0, 0.1) is 5.82 Å². The molecule has 0 saturated heterocycles. The summed E-state index contributed by atoms with van der Waals surface area (Å²) in [6, 6.07) is 12.9. The molecule has 8 nitrogen and oxygen atoms in total. The number of aromatic amines is 1. The van der Waals surface area contributed by atoms with E-state index in [0.29, 0.717) is 18.5 Å². The minimum atomic E-state index is -0.561. The van der Waals surface area contributed by atoms with E-state index in [1.54, 1.807) is 12.1 Å². The molecule has 0 amide bonds. The van der Waals surface area contributed by atoms with Gasteiger partial charge in [-0.1, -0.05) is 0 Å². The van der Waals surface area contributed by atoms with Crippen LogP contribution in [0.15, 0.2) is 48.7 Å². The molecular formula is C23H25FN6O2. The summed E-state index contributed by atoms with van der Waals surface area (Å²) in [5.74, 6) is 0.500. The number of anilines is 4. The third-order valence-corrected chi connectivity index (χ3v) is 4.70. The normalized spacial score (nSPS) is 11.2. The third kappa shape index (κ3) is 5.12. The van der Waals surface area contributed by atoms with Gasteiger partial charge in [0.05, 0.1) is 23.5 Å². The van der Waals surface area contributed by atoms with E-state index >= 15 is 0 Å². The fourth-order valence-corrected chi connectivity index (χ4v) is 3.25. The number of aliphatic hydroxyl groups excluding tert-OH is 1. The van der Waals surface area contributed by atoms with Crippen molar-refractivity contribution in [2.75, 3.05) is 17.2 Å². The van der Waals surface area contributed by atoms with Gasteiger partial charge < -0.3 is 20.5 Å². The number of nitrogens with zero attached hydrogens (tertiary/aromatic N) is 3. The number of nitrogens with one attached hydrogen (secondary N) is 3. The summed E-state index contributed by atoms with van der Waals surface area (Å²) < 4.78 is 19.9. The predicted octanol–water partition coefficient (Wildman–Crippen LogP) is 4.69. The number of ether oxygens (including phenoxy) is 1. The molecule has 0 bridgehead atoms. The second kappa shape index (κ2) is 9.61. The van der Waals surface area contributed by atoms with Crippen molar-refractivity contribution in [2.45, 2.75) is 32.8 Å². The van der Waals surface area contributed by atoms with Crippen LogP contribution < -0.4 is 15.4 Å². The van der Waals surface area contributed by atoms with Gasteiger partial charge >= 0.3 is 0 Å². The zero-order valence-electron chi connectivity index (χ0n) is 17.9. The fourth-order valence-electron chi connectivity index (χ4n) is 3.25. The van der Waals surface area contributed by atoms with Gasteiger partial charge in [0.2, 0.25) is 5.95 Å². The van der Waals surface area contributed by atoms with Crippen LogP contribution in [-0.4, -0.2) is 38.0 Å². The number of H-pyrrole nitrogens is 1. The molecule has 4 N–H and O–H groups in total. The van der Waals surface area contributed by atoms with Crippen LogP contribution in [0.2, 0.25) is 0 Å². The Kier molecular flexibility index (Phi) is 6.46. The molecule has 0 aliphatic carbocycles. The summed E-state index contributed by atoms with van der Waals surface area (Å²) in [5, 5.41) is 23.4. The largest absolute Gasteiger partial charge is 0.491 e. The first-order valence-electron chi connectivity index (χ1n) is 10.4. The van der Waals surface area contributed by atoms with E-state index in [9.17, 15) is 4.39 Å². The number of aliphatic hydroxyl groups is 1. The summed E-state index contributed by atoms with van der Waals surface area (Å²) in [6.45, 7) is 4.02. The monoisotopic (exact) mass is 436 g/mol. The average molecular weight is 436 g/mol. The lowest BCUT2D eigenvalue weighted by Gasteiger charge is -2.12. The molecule has 166 valence electrons. The van der Waals surface area contributed by atoms with Gasteiger partial charge in [-0.3, -0.25) is 5.10 Å². The van der Waals surface area contributed by atoms with E-state index in [0.717, 1.165) is 34.2 Å². The van der Waals surface area contributed by atoms with E-state index < -0.39 is 5.82 Å². The zero-order valence-corrected chi connectivity index (χ0v) is 17.9. The van der Waals surface area contributed by atoms with Gasteiger partial charge in [-0.25, -0.2) is 9.37 Å². The molecule has 32 heavy (non-hydrogen) atoms. The van der Waals surface area contributed by atoms with Crippen molar-refractivity contribution in [1.29, 1.82) is 0 Å². The maximum atomic E-state index is 14.3. The van der Waals surface area contributed by atoms with Crippen molar-refractivity contribution < 1.29 is 14.2 Å². The summed E-state index contributed by atoms with van der Waals surface area (Å²) >= 11 is 0. The van der Waals surface area contributed by atoms with Gasteiger partial charge in [0, 0.05) is 23.4 Å². The Bertz CT molecular complexity index is 1190. The molecule has 4 rings (SSSR count). The molecule has 2 heterocycles. The standard InChI is InChI=1S/C23H25FN6O2/c1-14(2)32-17-8-5-15(6-9-17)26-22-19(24)13-25-23(28-22)27-16-7-10-21-18(12-16)20(29-30-21)4-3-11-31/h5-10,12-14,31H,3-4,11H2,1-2H3,(H,29,30)(H2,25,26,27,28). The number of aromatic nitrogens is 4. The SMILES string of the molecule is CC(C)Oc1ccc(Nc2nc(Nc3ccc4[nH]nc(CCCO)c4c3)ncc2F)cc1. The second-order valence-corrected chi connectivity index (χ2v) is 7.59. The van der Waals surface area contributed by atoms with E-state index in [1.165, 1.54) is 0 Å². The molecule has 0 atom stereocenters. The quantitative estimate of drug-likeness (QED) is 0.301. The summed E-state index contributed by atoms with van der Waals surface area (Å²) in [7, 11) is 0. The van der Waals surface area contributed by atoms with Crippen LogP contribution in [0.5, 0.6) is 5.75 Å². The van der Waals surface area contributed by atoms with Crippen molar-refractivity contribution in [3.8, 4) is 5.75 Å². The molecule has 2 aromatic heterocycles. The molecule has 0 radical (unpaired) electrons. The predicted molar refractivity (Wildman–Crippen MR) is 122 cm³/mol. The van der Waals surface area contributed by atoms with Crippen molar-refractivity contribution >= 4 is 34.0 Å². The summed E-state index contributed by atoms with van der Waals surface area (Å²) in [5.41, 5.74) is 3.20. The van der Waals surface area contributed by atoms with E-state index in [1.807, 2.05) is 44.2 Å². The van der Waals surface area contributed by atoms with Crippen LogP contribution in [0.3, 0.4) is 0 Å². The minimum absolute atomic E-state index is 0.0630. The Morgan fingerprint density at radius 2 is 1.88 bits per heavy atom. The Morgan fingerprint density at radius 1 is 1.09 bits per heavy atom. The Labute approximate surface area is 184 Å². The van der Waals surface area contributed by atoms with Gasteiger partial charge in [-0.2, -0.15) is 10.1 Å². The Morgan fingerprint density at radius 3 is 2.62 bits per heavy atom. The topological polar surface area (TPSA) is 108 Å². The molecule has 2 aromatic carbocycles. The van der Waals surface area contributed by atoms with E-state index in [4.69, 9.17) is 9.84 Å². The van der Waals surface area contributed by atoms with Crippen LogP contribution >= 0.6 is 0 Å². The molecule has 0 aliphatic rings. The van der Waals surface area contributed by atoms with Crippen molar-refractivity contribution in [1.82, 2.24) is 20.2 Å². The first-order chi connectivity index (χ1) is 15.5. The highest BCUT2D eigenvalue weighted by Crippen LogP contribution is 2.25. The fraction of sp³-hybridized carbons (Fsp3) is 0.261. The molecule has 9 heteroatoms. The van der Waals surface area contributed by atoms with Gasteiger partial charge in [0.15, 0.2) is 11.6 Å². The maximum absolute atomic E-state index is 14.3. The first kappa shape index (κ1) is 21.5. The number of hydrogen-bond acceptors (Lipinski definition) is 7. The highest BCUT2D eigenvalue weighted by atomic mass is 19.1. The number of rotatable bonds is 9. The highest BCUT2D eigenvalue weighted by molar-refractivity contribution is 5.85. The number of hydrogen-bond donors (Lipinski definition) is 4. The van der Waals surface area contributed by atoms with Crippen molar-refractivity contribution in [3.05, 3.63) is 60.2 Å². The van der Waals surface area contributed by atoms with Gasteiger partial charge in [0.1, 0.15) is 5.75 Å². The molecule has 0 saturated carbocycles. The number of benzene rings is 2. The number of halogens is 1. The Hall–Kier alpha value is -3.72. The second-order valence-electron chi connectivity index (χ2n) is 7.59. The van der Waals surface area contributed by atoms with Gasteiger partial charge in [0.25, 0.3) is 0 Å². The molecular weight excluding hydrogens is 411 g/mol. The highest BCUT2D eigenvalue weighted by Gasteiger charge is 2.10. The smallest absolute Gasteiger partial charge is 0.229 e. The molecule has 0 spiro atoms. The molecule has 0 aliphatic heterocycles. The summed E-state index contributed by atoms with van der Waals surface area (Å²) in [6.07, 6.45) is 2.51. The zero-order chi connectivity index (χ0) is 22.5. The number of fused-ring (bicyclic) bond motifs is 1. The lowest BCUT2D eigenvalue weighted by molar-refractivity contribution is 0.242. The van der Waals surface area contributed by atoms with Crippen LogP contribution in [-0.2, 0) is 6.42 Å². The van der Waals surface area contributed by atoms with Crippen LogP contribution in [0.25, 0.3) is 10.9 Å². The van der Waals surface area contributed by atoms with Crippen LogP contribution in [0.4, 0.5) is 27.5 Å². The third-order valence-electron chi connectivity index (χ3n) is 4.70. The van der Waals surface area contributed by atoms with Crippen molar-refractivity contribution in [2.24, 2.45) is 0 Å². The molecule has 0 unspecified atom stereocenters. The van der Waals surface area contributed by atoms with Crippen LogP contribution in [0.1, 0.15) is 26.0 Å². The minimum Gasteiger partial charge on any atom is -0.491 e. The van der Waals surface area contributed by atoms with Gasteiger partial charge in [-0.05, 0) is 69.2 Å². The lowest BCUT2D eigenvalue weighted by atomic mass is 10.1. The van der Waals surface area contributed by atoms with Crippen molar-refractivity contribution in [3.63, 3.8) is 0 Å². The van der Waals surface area contributed by atoms with Gasteiger partial charge in [-0.15, -0.1) is 0 Å². The molecule has 4 aromatic rings.